The van der Waals surface area contributed by atoms with Crippen molar-refractivity contribution in [1.29, 1.82) is 0 Å². The normalized spacial score (nSPS) is 15.3. The van der Waals surface area contributed by atoms with E-state index in [0.717, 1.165) is 19.8 Å². The smallest absolute Gasteiger partial charge is 0.323 e. The Morgan fingerprint density at radius 2 is 2.13 bits per heavy atom. The van der Waals surface area contributed by atoms with Crippen molar-refractivity contribution in [3.8, 4) is 0 Å². The zero-order chi connectivity index (χ0) is 21.6. The van der Waals surface area contributed by atoms with E-state index in [1.165, 1.54) is 34.4 Å². The van der Waals surface area contributed by atoms with Crippen LogP contribution in [-0.2, 0) is 21.5 Å². The molecule has 2 aromatic heterocycles. The third kappa shape index (κ3) is 4.54. The number of thiophene rings is 1. The van der Waals surface area contributed by atoms with Crippen LogP contribution in [-0.4, -0.2) is 36.3 Å². The average molecular weight is 569 g/mol. The number of benzene rings is 1. The van der Waals surface area contributed by atoms with Crippen LogP contribution >= 0.6 is 62.0 Å². The molecular formula is C17H13BrClN2O5S4+. The lowest BCUT2D eigenvalue weighted by molar-refractivity contribution is -0.664. The zero-order valence-electron chi connectivity index (χ0n) is 14.9. The van der Waals surface area contributed by atoms with Gasteiger partial charge in [-0.3, -0.25) is 9.35 Å². The summed E-state index contributed by atoms with van der Waals surface area (Å²) in [7, 11) is -4.16. The lowest BCUT2D eigenvalue weighted by Gasteiger charge is -2.17. The summed E-state index contributed by atoms with van der Waals surface area (Å²) in [4.78, 5) is 14.1. The number of anilines is 1. The number of hydrogen-bond donors (Lipinski definition) is 2. The first kappa shape index (κ1) is 22.1. The van der Waals surface area contributed by atoms with Gasteiger partial charge in [-0.25, -0.2) is 0 Å². The highest BCUT2D eigenvalue weighted by Gasteiger charge is 2.31. The fourth-order valence-electron chi connectivity index (χ4n) is 3.02. The summed E-state index contributed by atoms with van der Waals surface area (Å²) in [6.07, 6.45) is 1.83. The topological polar surface area (TPSA) is 98.8 Å². The first-order valence-electron chi connectivity index (χ1n) is 8.35. The SMILES string of the molecule is O=C(O)CN1C(=Cc2sc3csc(Cl)c3[n+]2CCS(=O)(=O)O)Sc2ccc(Br)cc21. The van der Waals surface area contributed by atoms with Gasteiger partial charge in [0, 0.05) is 14.7 Å². The Labute approximate surface area is 197 Å². The van der Waals surface area contributed by atoms with Gasteiger partial charge >= 0.3 is 5.97 Å². The molecule has 1 aromatic carbocycles. The van der Waals surface area contributed by atoms with E-state index in [-0.39, 0.29) is 13.1 Å². The van der Waals surface area contributed by atoms with Crippen molar-refractivity contribution in [2.75, 3.05) is 17.2 Å². The number of nitrogens with zero attached hydrogens (tertiary/aromatic N) is 2. The number of fused-ring (bicyclic) bond motifs is 2. The fraction of sp³-hybridized carbons (Fsp3) is 0.176. The van der Waals surface area contributed by atoms with Gasteiger partial charge in [-0.05, 0) is 18.2 Å². The second kappa shape index (κ2) is 8.41. The lowest BCUT2D eigenvalue weighted by atomic mass is 10.3. The van der Waals surface area contributed by atoms with E-state index in [1.807, 2.05) is 29.7 Å². The molecule has 13 heteroatoms. The van der Waals surface area contributed by atoms with Crippen molar-refractivity contribution in [1.82, 2.24) is 0 Å². The van der Waals surface area contributed by atoms with Crippen molar-refractivity contribution in [3.63, 3.8) is 0 Å². The van der Waals surface area contributed by atoms with Gasteiger partial charge in [0.15, 0.2) is 10.9 Å². The summed E-state index contributed by atoms with van der Waals surface area (Å²) in [5, 5.41) is 12.7. The van der Waals surface area contributed by atoms with Crippen LogP contribution < -0.4 is 9.47 Å². The van der Waals surface area contributed by atoms with Crippen molar-refractivity contribution in [3.05, 3.63) is 42.4 Å². The Balaban J connectivity index is 1.81. The van der Waals surface area contributed by atoms with Gasteiger partial charge in [0.1, 0.15) is 17.0 Å². The van der Waals surface area contributed by atoms with Gasteiger partial charge in [0.25, 0.3) is 20.6 Å². The Kier molecular flexibility index (Phi) is 6.19. The average Bonchev–Trinajstić information content (AvgIpc) is 3.27. The van der Waals surface area contributed by atoms with E-state index in [2.05, 4.69) is 15.9 Å². The summed E-state index contributed by atoms with van der Waals surface area (Å²) in [6.45, 7) is -0.191. The van der Waals surface area contributed by atoms with E-state index in [9.17, 15) is 22.9 Å². The Hall–Kier alpha value is -1.15. The quantitative estimate of drug-likeness (QED) is 0.332. The molecule has 0 bridgehead atoms. The standard InChI is InChI=1S/C17H12BrClN2O5S4/c18-9-1-2-11-10(5-9)21(7-15(22)23)14(28-11)6-13-20(3-4-30(24,25)26)16-12(29-13)8-27-17(16)19/h1-2,5-6,8H,3-4,7H2,(H-,22,23,24,25,26)/p+1. The number of aliphatic carboxylic acids is 1. The molecule has 0 unspecified atom stereocenters. The predicted molar refractivity (Wildman–Crippen MR) is 124 cm³/mol. The fourth-order valence-corrected chi connectivity index (χ4v) is 7.39. The highest BCUT2D eigenvalue weighted by Crippen LogP contribution is 2.48. The molecule has 0 fully saturated rings. The van der Waals surface area contributed by atoms with Crippen LogP contribution in [0.4, 0.5) is 5.69 Å². The third-order valence-electron chi connectivity index (χ3n) is 4.24. The second-order valence-corrected chi connectivity index (χ2v) is 12.4. The molecule has 4 rings (SSSR count). The molecule has 0 atom stereocenters. The summed E-state index contributed by atoms with van der Waals surface area (Å²) in [5.41, 5.74) is 1.48. The number of carboxylic acid groups (broad SMARTS) is 1. The number of thioether (sulfide) groups is 1. The summed E-state index contributed by atoms with van der Waals surface area (Å²) in [6, 6.07) is 5.66. The minimum absolute atomic E-state index is 0.0243. The maximum atomic E-state index is 11.5. The largest absolute Gasteiger partial charge is 0.480 e. The molecule has 7 nitrogen and oxygen atoms in total. The van der Waals surface area contributed by atoms with E-state index in [4.69, 9.17) is 11.6 Å². The van der Waals surface area contributed by atoms with Crippen LogP contribution in [0.2, 0.25) is 4.34 Å². The monoisotopic (exact) mass is 567 g/mol. The van der Waals surface area contributed by atoms with Gasteiger partial charge in [-0.15, -0.1) is 11.3 Å². The molecule has 0 saturated heterocycles. The summed E-state index contributed by atoms with van der Waals surface area (Å²) >= 11 is 14.0. The molecule has 0 radical (unpaired) electrons. The van der Waals surface area contributed by atoms with Crippen LogP contribution in [0, 0.1) is 0 Å². The Morgan fingerprint density at radius 1 is 1.37 bits per heavy atom. The number of aryl methyl sites for hydroxylation is 1. The minimum Gasteiger partial charge on any atom is -0.480 e. The predicted octanol–water partition coefficient (Wildman–Crippen LogP) is 4.55. The van der Waals surface area contributed by atoms with Gasteiger partial charge in [0.2, 0.25) is 0 Å². The number of rotatable bonds is 6. The molecule has 1 aliphatic rings. The summed E-state index contributed by atoms with van der Waals surface area (Å²) < 4.78 is 35.8. The third-order valence-corrected chi connectivity index (χ3v) is 8.98. The number of hydrogen-bond acceptors (Lipinski definition) is 7. The molecule has 3 aromatic rings. The van der Waals surface area contributed by atoms with Gasteiger partial charge in [-0.1, -0.05) is 50.6 Å². The van der Waals surface area contributed by atoms with E-state index in [0.29, 0.717) is 19.9 Å². The highest BCUT2D eigenvalue weighted by atomic mass is 79.9. The van der Waals surface area contributed by atoms with Gasteiger partial charge < -0.3 is 10.0 Å². The van der Waals surface area contributed by atoms with Crippen LogP contribution in [0.25, 0.3) is 16.3 Å². The number of thiazole rings is 1. The molecular weight excluding hydrogens is 556 g/mol. The molecule has 158 valence electrons. The minimum atomic E-state index is -4.16. The molecule has 2 N–H and O–H groups in total. The van der Waals surface area contributed by atoms with E-state index in [1.54, 1.807) is 9.47 Å². The van der Waals surface area contributed by atoms with Crippen molar-refractivity contribution >= 4 is 100 Å². The Morgan fingerprint density at radius 3 is 2.83 bits per heavy atom. The van der Waals surface area contributed by atoms with Crippen molar-refractivity contribution in [2.24, 2.45) is 0 Å². The molecule has 1 aliphatic heterocycles. The van der Waals surface area contributed by atoms with Crippen LogP contribution in [0.15, 0.2) is 38.0 Å². The molecule has 0 aliphatic carbocycles. The molecule has 0 spiro atoms. The van der Waals surface area contributed by atoms with Gasteiger partial charge in [0.05, 0.1) is 16.8 Å². The van der Waals surface area contributed by atoms with E-state index >= 15 is 0 Å². The maximum absolute atomic E-state index is 11.5. The molecule has 3 heterocycles. The number of carbonyl (C=O) groups is 1. The maximum Gasteiger partial charge on any atom is 0.323 e. The van der Waals surface area contributed by atoms with E-state index < -0.39 is 21.8 Å². The second-order valence-electron chi connectivity index (χ2n) is 6.28. The molecule has 0 saturated carbocycles. The molecule has 0 amide bonds. The van der Waals surface area contributed by atoms with Gasteiger partial charge in [-0.2, -0.15) is 13.0 Å². The Bertz CT molecular complexity index is 1300. The van der Waals surface area contributed by atoms with Crippen LogP contribution in [0.3, 0.4) is 0 Å². The molecule has 30 heavy (non-hydrogen) atoms. The van der Waals surface area contributed by atoms with Crippen LogP contribution in [0.1, 0.15) is 5.01 Å². The zero-order valence-corrected chi connectivity index (χ0v) is 20.5. The van der Waals surface area contributed by atoms with Crippen molar-refractivity contribution in [2.45, 2.75) is 11.4 Å². The highest BCUT2D eigenvalue weighted by molar-refractivity contribution is 9.10. The number of halogens is 2. The first-order chi connectivity index (χ1) is 14.1. The van der Waals surface area contributed by atoms with Crippen molar-refractivity contribution < 1.29 is 27.4 Å². The number of aromatic nitrogens is 1. The summed E-state index contributed by atoms with van der Waals surface area (Å²) in [5.74, 6) is -1.42. The number of carboxylic acids is 1. The lowest BCUT2D eigenvalue weighted by Crippen LogP contribution is -2.38. The van der Waals surface area contributed by atoms with Crippen LogP contribution in [0.5, 0.6) is 0 Å². The first-order valence-corrected chi connectivity index (χ1v) is 13.6.